The molecule has 2 heterocycles. The Morgan fingerprint density at radius 2 is 1.51 bits per heavy atom. The van der Waals surface area contributed by atoms with E-state index in [1.54, 1.807) is 18.2 Å². The highest BCUT2D eigenvalue weighted by atomic mass is 35.5. The zero-order chi connectivity index (χ0) is 36.2. The third kappa shape index (κ3) is 10.8. The second-order valence-electron chi connectivity index (χ2n) is 12.2. The van der Waals surface area contributed by atoms with Crippen molar-refractivity contribution in [1.29, 1.82) is 0 Å². The lowest BCUT2D eigenvalue weighted by Gasteiger charge is -2.19. The number of rotatable bonds is 18. The third-order valence-electron chi connectivity index (χ3n) is 8.27. The summed E-state index contributed by atoms with van der Waals surface area (Å²) in [4.78, 5) is 31.4. The number of aliphatic imine (C=N–C) groups is 1. The van der Waals surface area contributed by atoms with E-state index in [-0.39, 0.29) is 32.5 Å². The predicted octanol–water partition coefficient (Wildman–Crippen LogP) is 10.7. The molecule has 10 nitrogen and oxygen atoms in total. The Kier molecular flexibility index (Phi) is 14.8. The molecule has 0 saturated carbocycles. The van der Waals surface area contributed by atoms with Crippen molar-refractivity contribution in [2.45, 2.75) is 94.4 Å². The highest BCUT2D eigenvalue weighted by molar-refractivity contribution is 8.01. The van der Waals surface area contributed by atoms with Crippen LogP contribution in [0, 0.1) is 0 Å². The normalized spacial score (nSPS) is 15.1. The van der Waals surface area contributed by atoms with Crippen LogP contribution in [0.2, 0.25) is 20.1 Å². The molecule has 1 aliphatic rings. The van der Waals surface area contributed by atoms with Gasteiger partial charge < -0.3 is 5.32 Å². The number of halogens is 4. The van der Waals surface area contributed by atoms with Gasteiger partial charge in [0, 0.05) is 17.1 Å². The molecule has 15 heteroatoms. The molecule has 270 valence electrons. The molecule has 0 aliphatic carbocycles. The number of aromatic nitrogens is 4. The second kappa shape index (κ2) is 19.5. The molecule has 4 aromatic rings. The van der Waals surface area contributed by atoms with Gasteiger partial charge in [-0.3, -0.25) is 15.0 Å². The number of hydrogen-bond acceptors (Lipinski definition) is 7. The van der Waals surface area contributed by atoms with E-state index in [2.05, 4.69) is 33.2 Å². The highest BCUT2D eigenvalue weighted by Gasteiger charge is 2.42. The summed E-state index contributed by atoms with van der Waals surface area (Å²) in [6, 6.07) is 17.3. The van der Waals surface area contributed by atoms with E-state index >= 15 is 0 Å². The monoisotopic (exact) mass is 788 g/mol. The summed E-state index contributed by atoms with van der Waals surface area (Å²) in [6.07, 6.45) is 13.9. The molecule has 0 spiro atoms. The number of unbranched alkanes of at least 4 members (excludes halogenated alkanes) is 10. The Labute approximate surface area is 322 Å². The Morgan fingerprint density at radius 1 is 0.863 bits per heavy atom. The zero-order valence-electron chi connectivity index (χ0n) is 28.3. The third-order valence-corrected chi connectivity index (χ3v) is 10.5. The fourth-order valence-corrected chi connectivity index (χ4v) is 7.80. The van der Waals surface area contributed by atoms with Crippen LogP contribution < -0.4 is 15.8 Å². The Hall–Kier alpha value is -3.35. The van der Waals surface area contributed by atoms with Crippen LogP contribution in [0.3, 0.4) is 0 Å². The van der Waals surface area contributed by atoms with Crippen LogP contribution in [0.15, 0.2) is 70.8 Å². The van der Waals surface area contributed by atoms with Gasteiger partial charge in [0.1, 0.15) is 11.5 Å². The maximum absolute atomic E-state index is 14.0. The molecule has 2 amide bonds. The van der Waals surface area contributed by atoms with Crippen LogP contribution in [-0.4, -0.2) is 43.1 Å². The van der Waals surface area contributed by atoms with Crippen LogP contribution in [0.1, 0.15) is 84.0 Å². The molecule has 1 fully saturated rings. The fraction of sp³-hybridized carbons (Fsp3) is 0.389. The van der Waals surface area contributed by atoms with Gasteiger partial charge in [-0.15, -0.1) is 5.10 Å². The number of tetrazole rings is 1. The number of amidine groups is 1. The lowest BCUT2D eigenvalue weighted by molar-refractivity contribution is -0.117. The van der Waals surface area contributed by atoms with Crippen LogP contribution in [0.4, 0.5) is 17.1 Å². The van der Waals surface area contributed by atoms with Crippen molar-refractivity contribution in [2.75, 3.05) is 10.3 Å². The Balaban J connectivity index is 1.25. The average molecular weight is 791 g/mol. The smallest absolute Gasteiger partial charge is 0.267 e. The first-order valence-electron chi connectivity index (χ1n) is 17.2. The largest absolute Gasteiger partial charge is 0.326 e. The Bertz CT molecular complexity index is 1800. The molecular formula is C36H40Cl4N8O2S. The maximum atomic E-state index is 14.0. The van der Waals surface area contributed by atoms with Gasteiger partial charge in [0.15, 0.2) is 5.25 Å². The molecule has 0 bridgehead atoms. The van der Waals surface area contributed by atoms with Gasteiger partial charge in [-0.05, 0) is 59.3 Å². The number of hydrogen-bond donors (Lipinski definition) is 2. The number of hydrazine groups is 1. The molecule has 1 unspecified atom stereocenters. The van der Waals surface area contributed by atoms with Gasteiger partial charge in [-0.1, -0.05) is 147 Å². The van der Waals surface area contributed by atoms with Crippen LogP contribution in [0.25, 0.3) is 5.69 Å². The summed E-state index contributed by atoms with van der Waals surface area (Å²) in [7, 11) is 0. The summed E-state index contributed by atoms with van der Waals surface area (Å²) in [5, 5.41) is 16.6. The average Bonchev–Trinajstić information content (AvgIpc) is 3.69. The first-order valence-corrected chi connectivity index (χ1v) is 19.6. The lowest BCUT2D eigenvalue weighted by Crippen LogP contribution is -2.36. The van der Waals surface area contributed by atoms with E-state index < -0.39 is 11.2 Å². The number of anilines is 2. The molecule has 1 aromatic heterocycles. The van der Waals surface area contributed by atoms with E-state index in [1.807, 2.05) is 30.3 Å². The molecule has 3 aromatic carbocycles. The van der Waals surface area contributed by atoms with Gasteiger partial charge in [-0.2, -0.15) is 4.68 Å². The van der Waals surface area contributed by atoms with Gasteiger partial charge in [-0.25, -0.2) is 10.0 Å². The van der Waals surface area contributed by atoms with Gasteiger partial charge in [0.05, 0.1) is 26.4 Å². The van der Waals surface area contributed by atoms with E-state index in [0.717, 1.165) is 31.0 Å². The number of thioether (sulfide) groups is 1. The van der Waals surface area contributed by atoms with Gasteiger partial charge >= 0.3 is 0 Å². The Morgan fingerprint density at radius 3 is 2.16 bits per heavy atom. The zero-order valence-corrected chi connectivity index (χ0v) is 32.1. The van der Waals surface area contributed by atoms with Crippen LogP contribution >= 0.6 is 58.2 Å². The first-order chi connectivity index (χ1) is 24.7. The first kappa shape index (κ1) is 38.9. The number of para-hydroxylation sites is 1. The molecule has 1 aliphatic heterocycles. The van der Waals surface area contributed by atoms with Gasteiger partial charge in [0.25, 0.3) is 5.91 Å². The van der Waals surface area contributed by atoms with Crippen LogP contribution in [-0.2, 0) is 9.59 Å². The topological polar surface area (TPSA) is 117 Å². The maximum Gasteiger partial charge on any atom is 0.267 e. The summed E-state index contributed by atoms with van der Waals surface area (Å²) in [6.45, 7) is 2.24. The lowest BCUT2D eigenvalue weighted by atomic mass is 10.1. The molecule has 5 rings (SSSR count). The standard InChI is InChI=1S/C36H40Cl4N8O2S/c1-2-3-4-5-6-7-8-9-10-11-15-18-31(49)41-25-19-20-30(27(38)23-25)42-34-33(51-36-43-45-46-47(36)26-16-13-12-14-17-26)35(50)48(44-34)32-28(39)21-24(37)22-29(32)40/h12-14,16-17,19-23,33H,2-11,15,18H2,1H3,(H,41,49)(H,42,44). The molecule has 51 heavy (non-hydrogen) atoms. The number of carbonyl (C=O) groups is 2. The summed E-state index contributed by atoms with van der Waals surface area (Å²) < 4.78 is 1.53. The predicted molar refractivity (Wildman–Crippen MR) is 209 cm³/mol. The minimum atomic E-state index is -0.942. The fourth-order valence-electron chi connectivity index (χ4n) is 5.63. The molecule has 2 N–H and O–H groups in total. The minimum Gasteiger partial charge on any atom is -0.326 e. The number of amides is 2. The summed E-state index contributed by atoms with van der Waals surface area (Å²) in [5.74, 6) is -0.246. The van der Waals surface area contributed by atoms with E-state index in [1.165, 1.54) is 73.2 Å². The van der Waals surface area contributed by atoms with Crippen molar-refractivity contribution < 1.29 is 9.59 Å². The number of nitrogens with one attached hydrogen (secondary N) is 2. The summed E-state index contributed by atoms with van der Waals surface area (Å²) in [5.41, 5.74) is 4.91. The van der Waals surface area contributed by atoms with Crippen molar-refractivity contribution >= 4 is 92.9 Å². The highest BCUT2D eigenvalue weighted by Crippen LogP contribution is 2.40. The van der Waals surface area contributed by atoms with Crippen molar-refractivity contribution in [3.63, 3.8) is 0 Å². The number of carbonyl (C=O) groups excluding carboxylic acids is 2. The SMILES string of the molecule is CCCCCCCCCCCCCC(=O)Nc1ccc(N=C2NN(c3c(Cl)cc(Cl)cc3Cl)C(=O)C2Sc2nnnn2-c2ccccc2)c(Cl)c1. The van der Waals surface area contributed by atoms with Crippen molar-refractivity contribution in [1.82, 2.24) is 25.6 Å². The number of benzene rings is 3. The minimum absolute atomic E-state index is 0.0657. The number of nitrogens with zero attached hydrogens (tertiary/aromatic N) is 6. The molecule has 1 saturated heterocycles. The van der Waals surface area contributed by atoms with Crippen molar-refractivity contribution in [3.8, 4) is 5.69 Å². The molecular weight excluding hydrogens is 750 g/mol. The molecule has 1 atom stereocenters. The van der Waals surface area contributed by atoms with E-state index in [4.69, 9.17) is 51.4 Å². The van der Waals surface area contributed by atoms with Crippen LogP contribution in [0.5, 0.6) is 0 Å². The van der Waals surface area contributed by atoms with Crippen molar-refractivity contribution in [2.24, 2.45) is 4.99 Å². The van der Waals surface area contributed by atoms with Crippen molar-refractivity contribution in [3.05, 3.63) is 80.8 Å². The summed E-state index contributed by atoms with van der Waals surface area (Å²) >= 11 is 26.9. The van der Waals surface area contributed by atoms with E-state index in [9.17, 15) is 9.59 Å². The van der Waals surface area contributed by atoms with Gasteiger partial charge in [0.2, 0.25) is 11.1 Å². The molecule has 0 radical (unpaired) electrons. The quantitative estimate of drug-likeness (QED) is 0.0964. The second-order valence-corrected chi connectivity index (χ2v) is 14.9. The van der Waals surface area contributed by atoms with E-state index in [0.29, 0.717) is 33.7 Å².